The molecular formula is C27H19ClN2O4. The van der Waals surface area contributed by atoms with Crippen LogP contribution in [0.25, 0.3) is 22.4 Å². The van der Waals surface area contributed by atoms with E-state index in [-0.39, 0.29) is 11.3 Å². The van der Waals surface area contributed by atoms with E-state index in [2.05, 4.69) is 18.2 Å². The SMILES string of the molecule is COc1cc(/C=C(/C#N)c2cccc([N+](=O)[O-])c2)cc(Cl)c1OCc1ccc2ccccc2c1. The summed E-state index contributed by atoms with van der Waals surface area (Å²) in [6.07, 6.45) is 1.60. The minimum atomic E-state index is -0.500. The lowest BCUT2D eigenvalue weighted by Crippen LogP contribution is -1.99. The summed E-state index contributed by atoms with van der Waals surface area (Å²) in [4.78, 5) is 10.6. The summed E-state index contributed by atoms with van der Waals surface area (Å²) in [6.45, 7) is 0.299. The minimum absolute atomic E-state index is 0.0910. The molecule has 4 aromatic rings. The third kappa shape index (κ3) is 5.01. The maximum Gasteiger partial charge on any atom is 0.270 e. The second kappa shape index (κ2) is 10.1. The molecule has 4 aromatic carbocycles. The van der Waals surface area contributed by atoms with Crippen molar-refractivity contribution in [2.75, 3.05) is 7.11 Å². The van der Waals surface area contributed by atoms with Crippen molar-refractivity contribution in [3.05, 3.63) is 111 Å². The number of nitro groups is 1. The van der Waals surface area contributed by atoms with Gasteiger partial charge in [-0.2, -0.15) is 5.26 Å². The number of nitrogens with zero attached hydrogens (tertiary/aromatic N) is 2. The number of halogens is 1. The number of nitro benzene ring substituents is 1. The first-order valence-corrected chi connectivity index (χ1v) is 10.7. The zero-order valence-electron chi connectivity index (χ0n) is 18.2. The summed E-state index contributed by atoms with van der Waals surface area (Å²) in [5.41, 5.74) is 2.18. The largest absolute Gasteiger partial charge is 0.493 e. The quantitative estimate of drug-likeness (QED) is 0.125. The molecule has 0 saturated heterocycles. The average Bonchev–Trinajstić information content (AvgIpc) is 2.86. The fourth-order valence-corrected chi connectivity index (χ4v) is 3.85. The number of rotatable bonds is 7. The number of hydrogen-bond acceptors (Lipinski definition) is 5. The highest BCUT2D eigenvalue weighted by Gasteiger charge is 2.14. The van der Waals surface area contributed by atoms with Crippen LogP contribution in [0.2, 0.25) is 5.02 Å². The Kier molecular flexibility index (Phi) is 6.77. The molecule has 0 fully saturated rings. The molecule has 0 heterocycles. The predicted octanol–water partition coefficient (Wildman–Crippen LogP) is 7.05. The van der Waals surface area contributed by atoms with Gasteiger partial charge >= 0.3 is 0 Å². The highest BCUT2D eigenvalue weighted by molar-refractivity contribution is 6.32. The van der Waals surface area contributed by atoms with Gasteiger partial charge in [-0.05, 0) is 51.7 Å². The van der Waals surface area contributed by atoms with E-state index < -0.39 is 4.92 Å². The molecule has 0 aliphatic rings. The van der Waals surface area contributed by atoms with Gasteiger partial charge in [-0.1, -0.05) is 60.1 Å². The summed E-state index contributed by atoms with van der Waals surface area (Å²) in [6, 6.07) is 25.5. The Labute approximate surface area is 201 Å². The third-order valence-electron chi connectivity index (χ3n) is 5.25. The summed E-state index contributed by atoms with van der Waals surface area (Å²) in [7, 11) is 1.51. The van der Waals surface area contributed by atoms with E-state index in [0.717, 1.165) is 16.3 Å². The Morgan fingerprint density at radius 1 is 1.06 bits per heavy atom. The molecule has 34 heavy (non-hydrogen) atoms. The van der Waals surface area contributed by atoms with Crippen LogP contribution in [-0.4, -0.2) is 12.0 Å². The summed E-state index contributed by atoms with van der Waals surface area (Å²) < 4.78 is 11.5. The number of non-ortho nitro benzene ring substituents is 1. The molecule has 4 rings (SSSR count). The third-order valence-corrected chi connectivity index (χ3v) is 5.53. The van der Waals surface area contributed by atoms with E-state index in [1.165, 1.54) is 25.3 Å². The van der Waals surface area contributed by atoms with Crippen molar-refractivity contribution >= 4 is 39.7 Å². The average molecular weight is 471 g/mol. The van der Waals surface area contributed by atoms with Crippen LogP contribution < -0.4 is 9.47 Å². The number of allylic oxidation sites excluding steroid dienone is 1. The highest BCUT2D eigenvalue weighted by atomic mass is 35.5. The van der Waals surface area contributed by atoms with Crippen molar-refractivity contribution in [3.63, 3.8) is 0 Å². The van der Waals surface area contributed by atoms with Crippen LogP contribution in [0.5, 0.6) is 11.5 Å². The zero-order chi connectivity index (χ0) is 24.1. The van der Waals surface area contributed by atoms with E-state index in [0.29, 0.717) is 34.3 Å². The van der Waals surface area contributed by atoms with E-state index in [4.69, 9.17) is 21.1 Å². The van der Waals surface area contributed by atoms with Gasteiger partial charge in [-0.25, -0.2) is 0 Å². The van der Waals surface area contributed by atoms with Crippen LogP contribution in [-0.2, 0) is 6.61 Å². The molecular weight excluding hydrogens is 452 g/mol. The van der Waals surface area contributed by atoms with E-state index >= 15 is 0 Å². The number of nitriles is 1. The lowest BCUT2D eigenvalue weighted by Gasteiger charge is -2.14. The number of fused-ring (bicyclic) bond motifs is 1. The molecule has 0 aliphatic carbocycles. The predicted molar refractivity (Wildman–Crippen MR) is 133 cm³/mol. The Hall–Kier alpha value is -4.34. The Morgan fingerprint density at radius 2 is 1.85 bits per heavy atom. The zero-order valence-corrected chi connectivity index (χ0v) is 19.0. The molecule has 6 nitrogen and oxygen atoms in total. The molecule has 0 unspecified atom stereocenters. The molecule has 0 bridgehead atoms. The van der Waals surface area contributed by atoms with E-state index in [1.54, 1.807) is 24.3 Å². The molecule has 0 N–H and O–H groups in total. The number of hydrogen-bond donors (Lipinski definition) is 0. The monoisotopic (exact) mass is 470 g/mol. The topological polar surface area (TPSA) is 85.4 Å². The molecule has 0 spiro atoms. The normalized spacial score (nSPS) is 11.1. The maximum atomic E-state index is 11.1. The second-order valence-corrected chi connectivity index (χ2v) is 7.89. The van der Waals surface area contributed by atoms with Gasteiger partial charge in [-0.15, -0.1) is 0 Å². The Morgan fingerprint density at radius 3 is 2.59 bits per heavy atom. The van der Waals surface area contributed by atoms with Crippen molar-refractivity contribution in [2.45, 2.75) is 6.61 Å². The van der Waals surface area contributed by atoms with Gasteiger partial charge in [0.25, 0.3) is 5.69 Å². The van der Waals surface area contributed by atoms with Gasteiger partial charge in [0.2, 0.25) is 0 Å². The molecule has 0 amide bonds. The van der Waals surface area contributed by atoms with Gasteiger partial charge in [0.05, 0.1) is 28.7 Å². The summed E-state index contributed by atoms with van der Waals surface area (Å²) >= 11 is 6.51. The fourth-order valence-electron chi connectivity index (χ4n) is 3.58. The molecule has 168 valence electrons. The lowest BCUT2D eigenvalue weighted by molar-refractivity contribution is -0.384. The number of methoxy groups -OCH3 is 1. The van der Waals surface area contributed by atoms with Crippen LogP contribution in [0.15, 0.2) is 78.9 Å². The van der Waals surface area contributed by atoms with Crippen LogP contribution in [0.4, 0.5) is 5.69 Å². The van der Waals surface area contributed by atoms with Crippen molar-refractivity contribution < 1.29 is 14.4 Å². The van der Waals surface area contributed by atoms with Gasteiger partial charge < -0.3 is 9.47 Å². The van der Waals surface area contributed by atoms with E-state index in [1.807, 2.05) is 30.3 Å². The molecule has 0 aliphatic heterocycles. The first-order valence-electron chi connectivity index (χ1n) is 10.3. The summed E-state index contributed by atoms with van der Waals surface area (Å²) in [5.74, 6) is 0.805. The maximum absolute atomic E-state index is 11.1. The van der Waals surface area contributed by atoms with Crippen molar-refractivity contribution in [2.24, 2.45) is 0 Å². The Bertz CT molecular complexity index is 1460. The van der Waals surface area contributed by atoms with Crippen LogP contribution in [0, 0.1) is 21.4 Å². The van der Waals surface area contributed by atoms with Crippen molar-refractivity contribution in [1.82, 2.24) is 0 Å². The van der Waals surface area contributed by atoms with Gasteiger partial charge in [-0.3, -0.25) is 10.1 Å². The van der Waals surface area contributed by atoms with Crippen LogP contribution in [0.1, 0.15) is 16.7 Å². The number of benzene rings is 4. The van der Waals surface area contributed by atoms with E-state index in [9.17, 15) is 15.4 Å². The molecule has 0 radical (unpaired) electrons. The first-order chi connectivity index (χ1) is 16.5. The minimum Gasteiger partial charge on any atom is -0.493 e. The fraction of sp³-hybridized carbons (Fsp3) is 0.0741. The van der Waals surface area contributed by atoms with Crippen molar-refractivity contribution in [1.29, 1.82) is 5.26 Å². The molecule has 0 aromatic heterocycles. The smallest absolute Gasteiger partial charge is 0.270 e. The van der Waals surface area contributed by atoms with Gasteiger partial charge in [0, 0.05) is 12.1 Å². The van der Waals surface area contributed by atoms with Gasteiger partial charge in [0.15, 0.2) is 11.5 Å². The second-order valence-electron chi connectivity index (χ2n) is 7.48. The van der Waals surface area contributed by atoms with Crippen LogP contribution >= 0.6 is 11.6 Å². The lowest BCUT2D eigenvalue weighted by atomic mass is 10.0. The first kappa shape index (κ1) is 22.8. The number of ether oxygens (including phenoxy) is 2. The standard InChI is InChI=1S/C27H19ClN2O4/c1-33-26-14-19(12-23(16-29)22-7-4-8-24(15-22)30(31)32)13-25(28)27(26)34-17-18-9-10-20-5-2-3-6-21(20)11-18/h2-15H,17H2,1H3/b23-12-. The Balaban J connectivity index is 1.61. The molecule has 0 atom stereocenters. The van der Waals surface area contributed by atoms with Crippen molar-refractivity contribution in [3.8, 4) is 17.6 Å². The molecule has 0 saturated carbocycles. The van der Waals surface area contributed by atoms with Gasteiger partial charge in [0.1, 0.15) is 6.61 Å². The summed E-state index contributed by atoms with van der Waals surface area (Å²) in [5, 5.41) is 23.3. The highest BCUT2D eigenvalue weighted by Crippen LogP contribution is 2.38. The molecule has 7 heteroatoms. The van der Waals surface area contributed by atoms with Crippen LogP contribution in [0.3, 0.4) is 0 Å².